The number of hydrogen-bond donors (Lipinski definition) is 0. The molecule has 0 unspecified atom stereocenters. The Hall–Kier alpha value is -2.35. The van der Waals surface area contributed by atoms with Crippen molar-refractivity contribution >= 4 is 12.4 Å². The number of carbonyl (C=O) groups is 1. The van der Waals surface area contributed by atoms with Crippen LogP contribution in [0.4, 0.5) is 0 Å². The van der Waals surface area contributed by atoms with E-state index in [4.69, 9.17) is 4.74 Å². The maximum Gasteiger partial charge on any atom is 0.142 e. The van der Waals surface area contributed by atoms with Gasteiger partial charge in [-0.1, -0.05) is 42.5 Å². The highest BCUT2D eigenvalue weighted by Gasteiger charge is 2.02. The van der Waals surface area contributed by atoms with Crippen molar-refractivity contribution in [2.24, 2.45) is 0 Å². The number of ether oxygens (including phenoxy) is 1. The molecule has 0 fully saturated rings. The Morgan fingerprint density at radius 1 is 1.05 bits per heavy atom. The van der Waals surface area contributed by atoms with Crippen LogP contribution in [0.15, 0.2) is 54.6 Å². The molecule has 2 rings (SSSR count). The summed E-state index contributed by atoms with van der Waals surface area (Å²) in [4.78, 5) is 10.4. The Kier molecular flexibility index (Phi) is 4.51. The Morgan fingerprint density at radius 2 is 1.79 bits per heavy atom. The molecular formula is C17H16O2. The zero-order valence-corrected chi connectivity index (χ0v) is 10.9. The molecule has 0 radical (unpaired) electrons. The van der Waals surface area contributed by atoms with Crippen molar-refractivity contribution in [3.63, 3.8) is 0 Å². The summed E-state index contributed by atoms with van der Waals surface area (Å²) in [7, 11) is 0. The van der Waals surface area contributed by atoms with Crippen molar-refractivity contribution in [2.45, 2.75) is 13.5 Å². The van der Waals surface area contributed by atoms with E-state index in [1.807, 2.05) is 36.4 Å². The van der Waals surface area contributed by atoms with Gasteiger partial charge in [-0.05, 0) is 36.3 Å². The smallest absolute Gasteiger partial charge is 0.142 e. The summed E-state index contributed by atoms with van der Waals surface area (Å²) in [6.07, 6.45) is 3.98. The van der Waals surface area contributed by atoms with Crippen molar-refractivity contribution in [3.05, 3.63) is 71.3 Å². The van der Waals surface area contributed by atoms with E-state index >= 15 is 0 Å². The van der Waals surface area contributed by atoms with Crippen LogP contribution < -0.4 is 4.74 Å². The lowest BCUT2D eigenvalue weighted by Gasteiger charge is -2.10. The van der Waals surface area contributed by atoms with E-state index in [0.29, 0.717) is 6.61 Å². The van der Waals surface area contributed by atoms with Crippen LogP contribution >= 0.6 is 0 Å². The zero-order chi connectivity index (χ0) is 13.5. The van der Waals surface area contributed by atoms with Gasteiger partial charge in [-0.15, -0.1) is 0 Å². The molecular weight excluding hydrogens is 236 g/mol. The molecule has 0 aromatic heterocycles. The van der Waals surface area contributed by atoms with Gasteiger partial charge in [0.05, 0.1) is 0 Å². The van der Waals surface area contributed by atoms with Gasteiger partial charge < -0.3 is 4.74 Å². The summed E-state index contributed by atoms with van der Waals surface area (Å²) in [6, 6.07) is 15.8. The molecule has 0 bridgehead atoms. The number of aryl methyl sites for hydroxylation is 1. The first kappa shape index (κ1) is 13.1. The van der Waals surface area contributed by atoms with E-state index in [9.17, 15) is 4.79 Å². The number of aldehydes is 1. The molecule has 0 aliphatic carbocycles. The fraction of sp³-hybridized carbons (Fsp3) is 0.118. The Morgan fingerprint density at radius 3 is 2.58 bits per heavy atom. The van der Waals surface area contributed by atoms with E-state index in [-0.39, 0.29) is 0 Å². The first-order valence-electron chi connectivity index (χ1n) is 6.19. The molecule has 0 saturated heterocycles. The SMILES string of the molecule is Cc1ccccc1COc1ccccc1/C=C/C=O. The summed E-state index contributed by atoms with van der Waals surface area (Å²) >= 11 is 0. The van der Waals surface area contributed by atoms with Crippen LogP contribution in [0.3, 0.4) is 0 Å². The zero-order valence-electron chi connectivity index (χ0n) is 10.9. The van der Waals surface area contributed by atoms with E-state index < -0.39 is 0 Å². The summed E-state index contributed by atoms with van der Waals surface area (Å²) in [6.45, 7) is 2.59. The Bertz CT molecular complexity index is 585. The third kappa shape index (κ3) is 3.55. The predicted octanol–water partition coefficient (Wildman–Crippen LogP) is 3.79. The quantitative estimate of drug-likeness (QED) is 0.598. The van der Waals surface area contributed by atoms with Gasteiger partial charge in [0.25, 0.3) is 0 Å². The minimum atomic E-state index is 0.526. The Labute approximate surface area is 113 Å². The number of rotatable bonds is 5. The van der Waals surface area contributed by atoms with Crippen molar-refractivity contribution in [3.8, 4) is 5.75 Å². The average Bonchev–Trinajstić information content (AvgIpc) is 2.45. The van der Waals surface area contributed by atoms with Gasteiger partial charge in [0.1, 0.15) is 18.6 Å². The molecule has 0 atom stereocenters. The molecule has 0 amide bonds. The molecule has 19 heavy (non-hydrogen) atoms. The number of para-hydroxylation sites is 1. The second kappa shape index (κ2) is 6.55. The largest absolute Gasteiger partial charge is 0.488 e. The minimum Gasteiger partial charge on any atom is -0.488 e. The van der Waals surface area contributed by atoms with Gasteiger partial charge in [0.15, 0.2) is 0 Å². The fourth-order valence-corrected chi connectivity index (χ4v) is 1.82. The molecule has 2 heteroatoms. The average molecular weight is 252 g/mol. The molecule has 0 heterocycles. The summed E-state index contributed by atoms with van der Waals surface area (Å²) in [5, 5.41) is 0. The monoisotopic (exact) mass is 252 g/mol. The highest BCUT2D eigenvalue weighted by atomic mass is 16.5. The lowest BCUT2D eigenvalue weighted by molar-refractivity contribution is -0.104. The van der Waals surface area contributed by atoms with Gasteiger partial charge in [0.2, 0.25) is 0 Å². The number of carbonyl (C=O) groups excluding carboxylic acids is 1. The minimum absolute atomic E-state index is 0.526. The molecule has 2 nitrogen and oxygen atoms in total. The highest BCUT2D eigenvalue weighted by Crippen LogP contribution is 2.21. The lowest BCUT2D eigenvalue weighted by Crippen LogP contribution is -1.98. The molecule has 96 valence electrons. The van der Waals surface area contributed by atoms with Gasteiger partial charge in [-0.25, -0.2) is 0 Å². The number of hydrogen-bond acceptors (Lipinski definition) is 2. The third-order valence-electron chi connectivity index (χ3n) is 2.92. The first-order valence-corrected chi connectivity index (χ1v) is 6.19. The molecule has 0 saturated carbocycles. The first-order chi connectivity index (χ1) is 9.31. The van der Waals surface area contributed by atoms with Crippen LogP contribution in [0.25, 0.3) is 6.08 Å². The van der Waals surface area contributed by atoms with Crippen LogP contribution in [0.5, 0.6) is 5.75 Å². The van der Waals surface area contributed by atoms with Crippen LogP contribution in [0, 0.1) is 6.92 Å². The lowest BCUT2D eigenvalue weighted by atomic mass is 10.1. The normalized spacial score (nSPS) is 10.6. The fourth-order valence-electron chi connectivity index (χ4n) is 1.82. The maximum atomic E-state index is 10.4. The van der Waals surface area contributed by atoms with Crippen LogP contribution in [-0.2, 0) is 11.4 Å². The van der Waals surface area contributed by atoms with Crippen LogP contribution in [-0.4, -0.2) is 6.29 Å². The van der Waals surface area contributed by atoms with Gasteiger partial charge in [0, 0.05) is 5.56 Å². The van der Waals surface area contributed by atoms with E-state index in [0.717, 1.165) is 23.2 Å². The molecule has 0 aliphatic rings. The van der Waals surface area contributed by atoms with Crippen molar-refractivity contribution < 1.29 is 9.53 Å². The van der Waals surface area contributed by atoms with E-state index in [2.05, 4.69) is 19.1 Å². The van der Waals surface area contributed by atoms with E-state index in [1.165, 1.54) is 11.6 Å². The van der Waals surface area contributed by atoms with Crippen molar-refractivity contribution in [2.75, 3.05) is 0 Å². The Balaban J connectivity index is 2.13. The van der Waals surface area contributed by atoms with Gasteiger partial charge >= 0.3 is 0 Å². The number of allylic oxidation sites excluding steroid dienone is 1. The van der Waals surface area contributed by atoms with Gasteiger partial charge in [-0.3, -0.25) is 4.79 Å². The molecule has 0 spiro atoms. The molecule has 2 aromatic rings. The highest BCUT2D eigenvalue weighted by molar-refractivity contribution is 5.75. The van der Waals surface area contributed by atoms with E-state index in [1.54, 1.807) is 6.08 Å². The number of benzene rings is 2. The standard InChI is InChI=1S/C17H16O2/c1-14-7-2-3-9-16(14)13-19-17-11-5-4-8-15(17)10-6-12-18/h2-12H,13H2,1H3/b10-6+. The molecule has 2 aromatic carbocycles. The summed E-state index contributed by atoms with van der Waals surface area (Å²) in [5.41, 5.74) is 3.28. The van der Waals surface area contributed by atoms with Crippen molar-refractivity contribution in [1.29, 1.82) is 0 Å². The second-order valence-corrected chi connectivity index (χ2v) is 4.25. The molecule has 0 N–H and O–H groups in total. The van der Waals surface area contributed by atoms with Crippen molar-refractivity contribution in [1.82, 2.24) is 0 Å². The second-order valence-electron chi connectivity index (χ2n) is 4.25. The van der Waals surface area contributed by atoms with Crippen LogP contribution in [0.1, 0.15) is 16.7 Å². The summed E-state index contributed by atoms with van der Waals surface area (Å²) in [5.74, 6) is 0.781. The molecule has 0 aliphatic heterocycles. The predicted molar refractivity (Wildman–Crippen MR) is 77.1 cm³/mol. The van der Waals surface area contributed by atoms with Gasteiger partial charge in [-0.2, -0.15) is 0 Å². The van der Waals surface area contributed by atoms with Crippen LogP contribution in [0.2, 0.25) is 0 Å². The maximum absolute atomic E-state index is 10.4. The summed E-state index contributed by atoms with van der Waals surface area (Å²) < 4.78 is 5.83. The third-order valence-corrected chi connectivity index (χ3v) is 2.92. The topological polar surface area (TPSA) is 26.3 Å².